The van der Waals surface area contributed by atoms with Crippen molar-refractivity contribution >= 4 is 0 Å². The Labute approximate surface area is 129 Å². The summed E-state index contributed by atoms with van der Waals surface area (Å²) >= 11 is 0. The first-order chi connectivity index (χ1) is 9.95. The van der Waals surface area contributed by atoms with E-state index < -0.39 is 0 Å². The number of hydrogen-bond donors (Lipinski definition) is 2. The summed E-state index contributed by atoms with van der Waals surface area (Å²) in [6, 6.07) is 0. The van der Waals surface area contributed by atoms with Crippen molar-refractivity contribution in [2.75, 3.05) is 0 Å². The van der Waals surface area contributed by atoms with Gasteiger partial charge in [-0.25, -0.2) is 0 Å². The van der Waals surface area contributed by atoms with Crippen molar-refractivity contribution in [1.29, 1.82) is 0 Å². The van der Waals surface area contributed by atoms with E-state index in [1.807, 2.05) is 0 Å². The van der Waals surface area contributed by atoms with Gasteiger partial charge in [0, 0.05) is 0 Å². The largest absolute Gasteiger partial charge is 0.393 e. The highest BCUT2D eigenvalue weighted by atomic mass is 16.3. The minimum atomic E-state index is -0.0536. The van der Waals surface area contributed by atoms with Gasteiger partial charge in [0.25, 0.3) is 0 Å². The van der Waals surface area contributed by atoms with Crippen LogP contribution in [-0.4, -0.2) is 22.4 Å². The first-order valence-electron chi connectivity index (χ1n) is 9.31. The minimum Gasteiger partial charge on any atom is -0.393 e. The van der Waals surface area contributed by atoms with Gasteiger partial charge >= 0.3 is 0 Å². The van der Waals surface area contributed by atoms with E-state index in [9.17, 15) is 10.2 Å². The lowest BCUT2D eigenvalue weighted by Gasteiger charge is -2.60. The fraction of sp³-hybridized carbons (Fsp3) is 1.00. The molecule has 4 aliphatic carbocycles. The number of fused-ring (bicyclic) bond motifs is 5. The number of hydrogen-bond acceptors (Lipinski definition) is 2. The van der Waals surface area contributed by atoms with Crippen LogP contribution >= 0.6 is 0 Å². The Bertz CT molecular complexity index is 422. The molecule has 2 N–H and O–H groups in total. The van der Waals surface area contributed by atoms with Gasteiger partial charge in [-0.2, -0.15) is 0 Å². The standard InChI is InChI=1S/C19H32O2/c1-18-9-7-13(20)11-12(18)3-4-14-15-5-6-17(21)19(15,2)10-8-16(14)18/h12-17,20-21H,3-11H2,1-2H3/t12-,13-,14?,15?,16?,17+,18?,19?/m0/s1. The van der Waals surface area contributed by atoms with E-state index in [-0.39, 0.29) is 17.6 Å². The topological polar surface area (TPSA) is 40.5 Å². The van der Waals surface area contributed by atoms with Crippen molar-refractivity contribution in [2.24, 2.45) is 34.5 Å². The van der Waals surface area contributed by atoms with Crippen molar-refractivity contribution in [3.8, 4) is 0 Å². The third kappa shape index (κ3) is 1.91. The Morgan fingerprint density at radius 2 is 1.48 bits per heavy atom. The van der Waals surface area contributed by atoms with Gasteiger partial charge in [0.05, 0.1) is 12.2 Å². The van der Waals surface area contributed by atoms with Crippen LogP contribution < -0.4 is 0 Å². The molecule has 0 aromatic carbocycles. The van der Waals surface area contributed by atoms with E-state index in [0.717, 1.165) is 42.9 Å². The summed E-state index contributed by atoms with van der Waals surface area (Å²) in [5.41, 5.74) is 0.676. The molecule has 0 aromatic heterocycles. The molecule has 2 heteroatoms. The van der Waals surface area contributed by atoms with Crippen LogP contribution in [0.2, 0.25) is 0 Å². The van der Waals surface area contributed by atoms with Gasteiger partial charge in [0.1, 0.15) is 0 Å². The van der Waals surface area contributed by atoms with Crippen LogP contribution in [0, 0.1) is 34.5 Å². The maximum Gasteiger partial charge on any atom is 0.0596 e. The normalized spacial score (nSPS) is 60.0. The second kappa shape index (κ2) is 4.71. The molecule has 0 bridgehead atoms. The fourth-order valence-electron chi connectivity index (χ4n) is 7.21. The van der Waals surface area contributed by atoms with Gasteiger partial charge < -0.3 is 10.2 Å². The molecule has 4 fully saturated rings. The SMILES string of the molecule is CC12CC[C@H](O)C[C@@H]1CCC1C2CCC2(C)C1CC[C@H]2O. The zero-order valence-corrected chi connectivity index (χ0v) is 13.7. The van der Waals surface area contributed by atoms with Gasteiger partial charge in [-0.1, -0.05) is 13.8 Å². The van der Waals surface area contributed by atoms with E-state index in [0.29, 0.717) is 5.41 Å². The molecule has 5 unspecified atom stereocenters. The third-order valence-electron chi connectivity index (χ3n) is 8.59. The Balaban J connectivity index is 1.62. The van der Waals surface area contributed by atoms with Gasteiger partial charge in [0.15, 0.2) is 0 Å². The van der Waals surface area contributed by atoms with Gasteiger partial charge in [-0.15, -0.1) is 0 Å². The van der Waals surface area contributed by atoms with E-state index >= 15 is 0 Å². The fourth-order valence-corrected chi connectivity index (χ4v) is 7.21. The molecule has 4 rings (SSSR count). The Hall–Kier alpha value is -0.0800. The molecule has 4 aliphatic rings. The molecule has 4 saturated carbocycles. The first kappa shape index (κ1) is 14.5. The molecule has 0 aliphatic heterocycles. The second-order valence-corrected chi connectivity index (χ2v) is 9.22. The summed E-state index contributed by atoms with van der Waals surface area (Å²) in [5.74, 6) is 3.21. The molecule has 0 saturated heterocycles. The van der Waals surface area contributed by atoms with E-state index in [1.54, 1.807) is 0 Å². The summed E-state index contributed by atoms with van der Waals surface area (Å²) in [6.07, 6.45) is 10.7. The molecular weight excluding hydrogens is 260 g/mol. The van der Waals surface area contributed by atoms with E-state index in [4.69, 9.17) is 0 Å². The molecule has 2 nitrogen and oxygen atoms in total. The summed E-state index contributed by atoms with van der Waals surface area (Å²) < 4.78 is 0. The molecular formula is C19H32O2. The summed E-state index contributed by atoms with van der Waals surface area (Å²) in [4.78, 5) is 0. The zero-order chi connectivity index (χ0) is 14.8. The average Bonchev–Trinajstić information content (AvgIpc) is 2.76. The highest BCUT2D eigenvalue weighted by Crippen LogP contribution is 2.66. The lowest BCUT2D eigenvalue weighted by Crippen LogP contribution is -2.54. The van der Waals surface area contributed by atoms with Crippen LogP contribution in [-0.2, 0) is 0 Å². The number of aliphatic hydroxyl groups is 2. The highest BCUT2D eigenvalue weighted by Gasteiger charge is 2.59. The van der Waals surface area contributed by atoms with Gasteiger partial charge in [0.2, 0.25) is 0 Å². The van der Waals surface area contributed by atoms with Crippen LogP contribution in [0.3, 0.4) is 0 Å². The Morgan fingerprint density at radius 3 is 2.29 bits per heavy atom. The predicted molar refractivity (Wildman–Crippen MR) is 83.7 cm³/mol. The molecule has 21 heavy (non-hydrogen) atoms. The van der Waals surface area contributed by atoms with Crippen LogP contribution in [0.1, 0.15) is 71.6 Å². The average molecular weight is 292 g/mol. The molecule has 120 valence electrons. The predicted octanol–water partition coefficient (Wildman–Crippen LogP) is 3.75. The van der Waals surface area contributed by atoms with Crippen molar-refractivity contribution in [1.82, 2.24) is 0 Å². The monoisotopic (exact) mass is 292 g/mol. The van der Waals surface area contributed by atoms with E-state index in [1.165, 1.54) is 38.5 Å². The molecule has 0 aromatic rings. The Kier molecular flexibility index (Phi) is 3.25. The number of aliphatic hydroxyl groups excluding tert-OH is 2. The summed E-state index contributed by atoms with van der Waals surface area (Å²) in [6.45, 7) is 4.90. The van der Waals surface area contributed by atoms with Crippen LogP contribution in [0.25, 0.3) is 0 Å². The Morgan fingerprint density at radius 1 is 0.762 bits per heavy atom. The lowest BCUT2D eigenvalue weighted by molar-refractivity contribution is -0.133. The summed E-state index contributed by atoms with van der Waals surface area (Å²) in [5, 5.41) is 20.5. The molecule has 0 spiro atoms. The van der Waals surface area contributed by atoms with Crippen LogP contribution in [0.15, 0.2) is 0 Å². The lowest BCUT2D eigenvalue weighted by atomic mass is 9.45. The van der Waals surface area contributed by atoms with Crippen molar-refractivity contribution in [3.63, 3.8) is 0 Å². The molecule has 0 heterocycles. The van der Waals surface area contributed by atoms with Crippen molar-refractivity contribution < 1.29 is 10.2 Å². The second-order valence-electron chi connectivity index (χ2n) is 9.22. The minimum absolute atomic E-state index is 0.0400. The number of rotatable bonds is 0. The quantitative estimate of drug-likeness (QED) is 0.714. The third-order valence-corrected chi connectivity index (χ3v) is 8.59. The molecule has 0 radical (unpaired) electrons. The highest BCUT2D eigenvalue weighted by molar-refractivity contribution is 5.09. The summed E-state index contributed by atoms with van der Waals surface area (Å²) in [7, 11) is 0. The smallest absolute Gasteiger partial charge is 0.0596 e. The molecule has 0 amide bonds. The maximum atomic E-state index is 10.5. The maximum absolute atomic E-state index is 10.5. The van der Waals surface area contributed by atoms with Crippen LogP contribution in [0.4, 0.5) is 0 Å². The molecule has 8 atom stereocenters. The van der Waals surface area contributed by atoms with E-state index in [2.05, 4.69) is 13.8 Å². The van der Waals surface area contributed by atoms with Crippen molar-refractivity contribution in [2.45, 2.75) is 83.8 Å². The zero-order valence-electron chi connectivity index (χ0n) is 13.7. The van der Waals surface area contributed by atoms with Gasteiger partial charge in [-0.3, -0.25) is 0 Å². The first-order valence-corrected chi connectivity index (χ1v) is 9.31. The van der Waals surface area contributed by atoms with Gasteiger partial charge in [-0.05, 0) is 92.3 Å². The van der Waals surface area contributed by atoms with Crippen LogP contribution in [0.5, 0.6) is 0 Å². The van der Waals surface area contributed by atoms with Crippen molar-refractivity contribution in [3.05, 3.63) is 0 Å².